The van der Waals surface area contributed by atoms with Gasteiger partial charge in [-0.25, -0.2) is 4.68 Å². The Bertz CT molecular complexity index is 680. The standard InChI is InChI=1S/C17H23N3O2/c1-3-5-9-20-17(21)15(18)12-16(19-20)13-7-6-8-14(11-13)22-10-4-2/h6-8,11-12H,3-5,9-10,18H2,1-2H3. The number of hydrogen-bond donors (Lipinski definition) is 1. The van der Waals surface area contributed by atoms with Gasteiger partial charge in [0.2, 0.25) is 0 Å². The zero-order valence-electron chi connectivity index (χ0n) is 13.2. The highest BCUT2D eigenvalue weighted by Crippen LogP contribution is 2.22. The minimum absolute atomic E-state index is 0.223. The molecule has 0 aliphatic rings. The number of aromatic nitrogens is 2. The van der Waals surface area contributed by atoms with E-state index in [2.05, 4.69) is 18.9 Å². The normalized spacial score (nSPS) is 10.6. The number of hydrogen-bond acceptors (Lipinski definition) is 4. The zero-order valence-corrected chi connectivity index (χ0v) is 13.2. The Morgan fingerprint density at radius 1 is 1.23 bits per heavy atom. The van der Waals surface area contributed by atoms with Crippen LogP contribution in [0.4, 0.5) is 5.69 Å². The smallest absolute Gasteiger partial charge is 0.289 e. The van der Waals surface area contributed by atoms with Gasteiger partial charge in [-0.3, -0.25) is 4.79 Å². The Morgan fingerprint density at radius 3 is 2.77 bits per heavy atom. The molecule has 5 heteroatoms. The zero-order chi connectivity index (χ0) is 15.9. The summed E-state index contributed by atoms with van der Waals surface area (Å²) in [5.41, 5.74) is 7.43. The van der Waals surface area contributed by atoms with Crippen molar-refractivity contribution in [2.45, 2.75) is 39.7 Å². The molecule has 2 aromatic rings. The molecule has 0 unspecified atom stereocenters. The molecule has 0 radical (unpaired) electrons. The fourth-order valence-corrected chi connectivity index (χ4v) is 2.13. The molecule has 1 aromatic carbocycles. The van der Waals surface area contributed by atoms with Crippen LogP contribution in [0.15, 0.2) is 35.1 Å². The van der Waals surface area contributed by atoms with Crippen molar-refractivity contribution in [3.63, 3.8) is 0 Å². The van der Waals surface area contributed by atoms with Crippen molar-refractivity contribution < 1.29 is 4.74 Å². The number of aryl methyl sites for hydroxylation is 1. The molecule has 0 saturated carbocycles. The van der Waals surface area contributed by atoms with Gasteiger partial charge in [0.1, 0.15) is 11.4 Å². The highest BCUT2D eigenvalue weighted by molar-refractivity contribution is 5.63. The van der Waals surface area contributed by atoms with E-state index in [-0.39, 0.29) is 11.2 Å². The van der Waals surface area contributed by atoms with Gasteiger partial charge in [-0.05, 0) is 31.0 Å². The molecule has 1 heterocycles. The Balaban J connectivity index is 2.35. The van der Waals surface area contributed by atoms with Crippen LogP contribution >= 0.6 is 0 Å². The van der Waals surface area contributed by atoms with Crippen LogP contribution in [0.1, 0.15) is 33.1 Å². The molecule has 2 rings (SSSR count). The van der Waals surface area contributed by atoms with E-state index in [0.29, 0.717) is 18.8 Å². The summed E-state index contributed by atoms with van der Waals surface area (Å²) in [5, 5.41) is 4.43. The van der Waals surface area contributed by atoms with Crippen molar-refractivity contribution in [3.05, 3.63) is 40.7 Å². The second-order valence-corrected chi connectivity index (χ2v) is 5.24. The van der Waals surface area contributed by atoms with Crippen LogP contribution in [0.25, 0.3) is 11.3 Å². The molecule has 0 spiro atoms. The molecule has 22 heavy (non-hydrogen) atoms. The average molecular weight is 301 g/mol. The summed E-state index contributed by atoms with van der Waals surface area (Å²) in [4.78, 5) is 12.0. The van der Waals surface area contributed by atoms with Crippen LogP contribution in [0, 0.1) is 0 Å². The van der Waals surface area contributed by atoms with Gasteiger partial charge in [0.05, 0.1) is 12.3 Å². The van der Waals surface area contributed by atoms with E-state index in [4.69, 9.17) is 10.5 Å². The third-order valence-corrected chi connectivity index (χ3v) is 3.33. The number of anilines is 1. The lowest BCUT2D eigenvalue weighted by Crippen LogP contribution is -2.25. The molecule has 0 aliphatic heterocycles. The van der Waals surface area contributed by atoms with E-state index in [1.165, 1.54) is 4.68 Å². The van der Waals surface area contributed by atoms with E-state index in [1.54, 1.807) is 6.07 Å². The Labute approximate surface area is 130 Å². The number of unbranched alkanes of at least 4 members (excludes halogenated alkanes) is 1. The van der Waals surface area contributed by atoms with E-state index in [9.17, 15) is 4.79 Å². The lowest BCUT2D eigenvalue weighted by molar-refractivity contribution is 0.317. The van der Waals surface area contributed by atoms with Gasteiger partial charge in [-0.2, -0.15) is 5.10 Å². The summed E-state index contributed by atoms with van der Waals surface area (Å²) in [6, 6.07) is 9.32. The summed E-state index contributed by atoms with van der Waals surface area (Å²) in [5.74, 6) is 0.797. The highest BCUT2D eigenvalue weighted by atomic mass is 16.5. The Kier molecular flexibility index (Phi) is 5.58. The van der Waals surface area contributed by atoms with Crippen LogP contribution in [0.2, 0.25) is 0 Å². The van der Waals surface area contributed by atoms with Crippen LogP contribution in [0.5, 0.6) is 5.75 Å². The Morgan fingerprint density at radius 2 is 2.05 bits per heavy atom. The molecular formula is C17H23N3O2. The van der Waals surface area contributed by atoms with Gasteiger partial charge in [0.15, 0.2) is 0 Å². The maximum absolute atomic E-state index is 12.0. The topological polar surface area (TPSA) is 70.1 Å². The molecule has 118 valence electrons. The van der Waals surface area contributed by atoms with Crippen molar-refractivity contribution in [2.75, 3.05) is 12.3 Å². The predicted octanol–water partition coefficient (Wildman–Crippen LogP) is 3.08. The van der Waals surface area contributed by atoms with Crippen molar-refractivity contribution in [1.82, 2.24) is 9.78 Å². The first-order valence-corrected chi connectivity index (χ1v) is 7.76. The first kappa shape index (κ1) is 16.1. The molecule has 1 aromatic heterocycles. The largest absolute Gasteiger partial charge is 0.494 e. The maximum Gasteiger partial charge on any atom is 0.289 e. The van der Waals surface area contributed by atoms with Crippen molar-refractivity contribution in [1.29, 1.82) is 0 Å². The molecule has 0 amide bonds. The number of ether oxygens (including phenoxy) is 1. The van der Waals surface area contributed by atoms with Crippen LogP contribution in [-0.4, -0.2) is 16.4 Å². The monoisotopic (exact) mass is 301 g/mol. The molecule has 0 bridgehead atoms. The number of rotatable bonds is 7. The number of benzene rings is 1. The first-order valence-electron chi connectivity index (χ1n) is 7.76. The lowest BCUT2D eigenvalue weighted by atomic mass is 10.1. The van der Waals surface area contributed by atoms with Gasteiger partial charge in [-0.15, -0.1) is 0 Å². The minimum Gasteiger partial charge on any atom is -0.494 e. The summed E-state index contributed by atoms with van der Waals surface area (Å²) < 4.78 is 7.09. The number of nitrogens with zero attached hydrogens (tertiary/aromatic N) is 2. The SMILES string of the molecule is CCCCn1nc(-c2cccc(OCCC)c2)cc(N)c1=O. The van der Waals surface area contributed by atoms with Gasteiger partial charge in [0.25, 0.3) is 5.56 Å². The fraction of sp³-hybridized carbons (Fsp3) is 0.412. The van der Waals surface area contributed by atoms with Gasteiger partial charge in [0, 0.05) is 12.1 Å². The minimum atomic E-state index is -0.226. The summed E-state index contributed by atoms with van der Waals surface area (Å²) in [6.45, 7) is 5.40. The fourth-order valence-electron chi connectivity index (χ4n) is 2.13. The molecule has 0 aliphatic carbocycles. The summed E-state index contributed by atoms with van der Waals surface area (Å²) in [7, 11) is 0. The molecule has 2 N–H and O–H groups in total. The molecule has 0 fully saturated rings. The van der Waals surface area contributed by atoms with Crippen LogP contribution < -0.4 is 16.0 Å². The van der Waals surface area contributed by atoms with Crippen LogP contribution in [-0.2, 0) is 6.54 Å². The molecule has 5 nitrogen and oxygen atoms in total. The molecule has 0 atom stereocenters. The third kappa shape index (κ3) is 3.87. The number of nitrogen functional groups attached to an aromatic ring is 1. The molecular weight excluding hydrogens is 278 g/mol. The highest BCUT2D eigenvalue weighted by Gasteiger charge is 2.08. The van der Waals surface area contributed by atoms with E-state index in [0.717, 1.165) is 30.6 Å². The van der Waals surface area contributed by atoms with Gasteiger partial charge < -0.3 is 10.5 Å². The van der Waals surface area contributed by atoms with E-state index >= 15 is 0 Å². The quantitative estimate of drug-likeness (QED) is 0.853. The van der Waals surface area contributed by atoms with Crippen LogP contribution in [0.3, 0.4) is 0 Å². The Hall–Kier alpha value is -2.30. The van der Waals surface area contributed by atoms with Crippen molar-refractivity contribution in [3.8, 4) is 17.0 Å². The van der Waals surface area contributed by atoms with Crippen molar-refractivity contribution >= 4 is 5.69 Å². The van der Waals surface area contributed by atoms with Crippen molar-refractivity contribution in [2.24, 2.45) is 0 Å². The van der Waals surface area contributed by atoms with E-state index in [1.807, 2.05) is 24.3 Å². The summed E-state index contributed by atoms with van der Waals surface area (Å²) >= 11 is 0. The van der Waals surface area contributed by atoms with Gasteiger partial charge >= 0.3 is 0 Å². The third-order valence-electron chi connectivity index (χ3n) is 3.33. The summed E-state index contributed by atoms with van der Waals surface area (Å²) in [6.07, 6.45) is 2.85. The lowest BCUT2D eigenvalue weighted by Gasteiger charge is -2.10. The second-order valence-electron chi connectivity index (χ2n) is 5.24. The second kappa shape index (κ2) is 7.64. The first-order chi connectivity index (χ1) is 10.7. The maximum atomic E-state index is 12.0. The average Bonchev–Trinajstić information content (AvgIpc) is 2.54. The van der Waals surface area contributed by atoms with E-state index < -0.39 is 0 Å². The van der Waals surface area contributed by atoms with Gasteiger partial charge in [-0.1, -0.05) is 32.4 Å². The predicted molar refractivity (Wildman–Crippen MR) is 89.0 cm³/mol. The molecule has 0 saturated heterocycles. The number of nitrogens with two attached hydrogens (primary N) is 1.